The Kier molecular flexibility index (Phi) is 5.05. The van der Waals surface area contributed by atoms with Gasteiger partial charge in [0.25, 0.3) is 5.91 Å². The second kappa shape index (κ2) is 7.58. The van der Waals surface area contributed by atoms with Crippen LogP contribution in [-0.2, 0) is 23.9 Å². The lowest BCUT2D eigenvalue weighted by molar-refractivity contribution is -0.159. The molecule has 4 rings (SSSR count). The highest BCUT2D eigenvalue weighted by Gasteiger charge is 2.78. The first-order chi connectivity index (χ1) is 14.9. The number of para-hydroxylation sites is 1. The number of amides is 1. The number of carbonyl (C=O) groups is 5. The monoisotopic (exact) mass is 419 g/mol. The van der Waals surface area contributed by atoms with Crippen molar-refractivity contribution in [2.45, 2.75) is 31.7 Å². The molecule has 2 atom stereocenters. The van der Waals surface area contributed by atoms with Crippen molar-refractivity contribution in [3.63, 3.8) is 0 Å². The molecule has 1 saturated carbocycles. The van der Waals surface area contributed by atoms with Gasteiger partial charge in [0.05, 0.1) is 6.61 Å². The summed E-state index contributed by atoms with van der Waals surface area (Å²) in [6.45, 7) is 1.56. The molecule has 0 radical (unpaired) electrons. The van der Waals surface area contributed by atoms with Crippen LogP contribution in [0.4, 0.5) is 5.69 Å². The summed E-state index contributed by atoms with van der Waals surface area (Å²) in [6, 6.07) is 16.2. The smallest absolute Gasteiger partial charge is 0.334 e. The number of ether oxygens (including phenoxy) is 1. The molecule has 1 amide bonds. The molecule has 158 valence electrons. The van der Waals surface area contributed by atoms with E-state index < -0.39 is 40.8 Å². The van der Waals surface area contributed by atoms with Crippen LogP contribution < -0.4 is 4.90 Å². The first-order valence-corrected chi connectivity index (χ1v) is 10.1. The van der Waals surface area contributed by atoms with Crippen molar-refractivity contribution in [3.8, 4) is 0 Å². The molecule has 2 aliphatic rings. The van der Waals surface area contributed by atoms with Gasteiger partial charge in [0, 0.05) is 24.1 Å². The van der Waals surface area contributed by atoms with E-state index in [0.29, 0.717) is 0 Å². The standard InChI is InChI=1S/C24H21NO6/c1-2-31-22(30)24-15-18(26)13-14-23(24,19(27)16-9-5-3-6-10-16)20(28)21(29)25(24)17-11-7-4-8-12-17/h3-12H,2,13-15H2,1H3/t23-,24-/m0/s1. The Bertz CT molecular complexity index is 1080. The SMILES string of the molecule is CCOC(=O)[C@@]12CC(=O)CC[C@]1(C(=O)c1ccccc1)C(=O)C(=O)N2c1ccccc1. The van der Waals surface area contributed by atoms with Crippen molar-refractivity contribution < 1.29 is 28.7 Å². The molecule has 1 heterocycles. The van der Waals surface area contributed by atoms with Gasteiger partial charge in [-0.2, -0.15) is 0 Å². The van der Waals surface area contributed by atoms with Crippen molar-refractivity contribution >= 4 is 34.9 Å². The van der Waals surface area contributed by atoms with Gasteiger partial charge >= 0.3 is 5.97 Å². The molecule has 1 aliphatic carbocycles. The van der Waals surface area contributed by atoms with E-state index in [4.69, 9.17) is 4.74 Å². The van der Waals surface area contributed by atoms with Crippen LogP contribution in [0.15, 0.2) is 60.7 Å². The lowest BCUT2D eigenvalue weighted by atomic mass is 9.57. The second-order valence-electron chi connectivity index (χ2n) is 7.70. The van der Waals surface area contributed by atoms with Gasteiger partial charge in [-0.05, 0) is 25.5 Å². The molecule has 0 unspecified atom stereocenters. The molecule has 0 spiro atoms. The molecule has 31 heavy (non-hydrogen) atoms. The van der Waals surface area contributed by atoms with Crippen LogP contribution in [0.5, 0.6) is 0 Å². The predicted octanol–water partition coefficient (Wildman–Crippen LogP) is 2.53. The van der Waals surface area contributed by atoms with Crippen molar-refractivity contribution in [3.05, 3.63) is 66.2 Å². The minimum absolute atomic E-state index is 0.0323. The Hall–Kier alpha value is -3.61. The van der Waals surface area contributed by atoms with Gasteiger partial charge < -0.3 is 4.74 Å². The number of hydrogen-bond acceptors (Lipinski definition) is 6. The molecule has 1 aliphatic heterocycles. The van der Waals surface area contributed by atoms with Gasteiger partial charge in [-0.15, -0.1) is 0 Å². The number of nitrogens with zero attached hydrogens (tertiary/aromatic N) is 1. The highest BCUT2D eigenvalue weighted by Crippen LogP contribution is 2.56. The van der Waals surface area contributed by atoms with E-state index in [2.05, 4.69) is 0 Å². The number of rotatable bonds is 5. The summed E-state index contributed by atoms with van der Waals surface area (Å²) >= 11 is 0. The minimum Gasteiger partial charge on any atom is -0.464 e. The van der Waals surface area contributed by atoms with Gasteiger partial charge in [0.1, 0.15) is 11.2 Å². The summed E-state index contributed by atoms with van der Waals surface area (Å²) in [5.41, 5.74) is -3.66. The normalized spacial score (nSPS) is 25.3. The van der Waals surface area contributed by atoms with Gasteiger partial charge in [-0.3, -0.25) is 24.1 Å². The quantitative estimate of drug-likeness (QED) is 0.320. The largest absolute Gasteiger partial charge is 0.464 e. The van der Waals surface area contributed by atoms with Crippen LogP contribution in [0.25, 0.3) is 0 Å². The zero-order chi connectivity index (χ0) is 22.2. The molecule has 2 aromatic carbocycles. The summed E-state index contributed by atoms with van der Waals surface area (Å²) < 4.78 is 5.30. The van der Waals surface area contributed by atoms with E-state index in [0.717, 1.165) is 4.90 Å². The third kappa shape index (κ3) is 2.76. The molecular formula is C24H21NO6. The van der Waals surface area contributed by atoms with Crippen molar-refractivity contribution in [2.75, 3.05) is 11.5 Å². The van der Waals surface area contributed by atoms with Crippen LogP contribution in [0.3, 0.4) is 0 Å². The Morgan fingerprint density at radius 1 is 0.968 bits per heavy atom. The second-order valence-corrected chi connectivity index (χ2v) is 7.70. The highest BCUT2D eigenvalue weighted by molar-refractivity contribution is 6.53. The average Bonchev–Trinajstić information content (AvgIpc) is 2.99. The maximum absolute atomic E-state index is 13.8. The number of hydrogen-bond donors (Lipinski definition) is 0. The number of carbonyl (C=O) groups excluding carboxylic acids is 5. The van der Waals surface area contributed by atoms with Crippen LogP contribution in [0.1, 0.15) is 36.5 Å². The third-order valence-electron chi connectivity index (χ3n) is 6.16. The summed E-state index contributed by atoms with van der Waals surface area (Å²) in [7, 11) is 0. The van der Waals surface area contributed by atoms with Crippen LogP contribution in [-0.4, -0.2) is 41.4 Å². The van der Waals surface area contributed by atoms with Gasteiger partial charge in [0.2, 0.25) is 5.78 Å². The molecule has 2 fully saturated rings. The molecule has 1 saturated heterocycles. The molecule has 7 nitrogen and oxygen atoms in total. The number of Topliss-reactive ketones (excluding diaryl/α,β-unsaturated/α-hetero) is 3. The number of ketones is 3. The number of anilines is 1. The van der Waals surface area contributed by atoms with Crippen molar-refractivity contribution in [1.29, 1.82) is 0 Å². The van der Waals surface area contributed by atoms with E-state index >= 15 is 0 Å². The van der Waals surface area contributed by atoms with Crippen LogP contribution in [0, 0.1) is 5.41 Å². The topological polar surface area (TPSA) is 97.8 Å². The Labute approximate surface area is 179 Å². The molecule has 0 aromatic heterocycles. The molecule has 0 N–H and O–H groups in total. The highest BCUT2D eigenvalue weighted by atomic mass is 16.5. The van der Waals surface area contributed by atoms with Crippen molar-refractivity contribution in [2.24, 2.45) is 5.41 Å². The lowest BCUT2D eigenvalue weighted by Gasteiger charge is -2.47. The fourth-order valence-electron chi connectivity index (χ4n) is 4.83. The fourth-order valence-corrected chi connectivity index (χ4v) is 4.83. The Morgan fingerprint density at radius 2 is 1.58 bits per heavy atom. The van der Waals surface area contributed by atoms with E-state index in [-0.39, 0.29) is 36.5 Å². The molecular weight excluding hydrogens is 398 g/mol. The average molecular weight is 419 g/mol. The van der Waals surface area contributed by atoms with E-state index in [9.17, 15) is 24.0 Å². The molecule has 0 bridgehead atoms. The predicted molar refractivity (Wildman–Crippen MR) is 110 cm³/mol. The molecule has 2 aromatic rings. The van der Waals surface area contributed by atoms with Gasteiger partial charge in [0.15, 0.2) is 11.3 Å². The maximum atomic E-state index is 13.8. The summed E-state index contributed by atoms with van der Waals surface area (Å²) in [5.74, 6) is -3.85. The van der Waals surface area contributed by atoms with Crippen LogP contribution >= 0.6 is 0 Å². The van der Waals surface area contributed by atoms with E-state index in [1.54, 1.807) is 55.5 Å². The minimum atomic E-state index is -2.07. The Morgan fingerprint density at radius 3 is 2.19 bits per heavy atom. The number of benzene rings is 2. The zero-order valence-electron chi connectivity index (χ0n) is 17.0. The summed E-state index contributed by atoms with van der Waals surface area (Å²) in [4.78, 5) is 67.9. The van der Waals surface area contributed by atoms with Gasteiger partial charge in [-0.1, -0.05) is 48.5 Å². The number of esters is 1. The summed E-state index contributed by atoms with van der Waals surface area (Å²) in [5, 5.41) is 0. The van der Waals surface area contributed by atoms with Crippen molar-refractivity contribution in [1.82, 2.24) is 0 Å². The van der Waals surface area contributed by atoms with E-state index in [1.165, 1.54) is 12.1 Å². The van der Waals surface area contributed by atoms with Crippen LogP contribution in [0.2, 0.25) is 0 Å². The Balaban J connectivity index is 2.04. The third-order valence-corrected chi connectivity index (χ3v) is 6.16. The first-order valence-electron chi connectivity index (χ1n) is 10.1. The van der Waals surface area contributed by atoms with Gasteiger partial charge in [-0.25, -0.2) is 4.79 Å². The van der Waals surface area contributed by atoms with E-state index in [1.807, 2.05) is 0 Å². The fraction of sp³-hybridized carbons (Fsp3) is 0.292. The lowest BCUT2D eigenvalue weighted by Crippen LogP contribution is -2.67. The first kappa shape index (κ1) is 20.7. The number of fused-ring (bicyclic) bond motifs is 1. The molecule has 7 heteroatoms. The maximum Gasteiger partial charge on any atom is 0.334 e. The summed E-state index contributed by atoms with van der Waals surface area (Å²) in [6.07, 6.45) is -0.773. The zero-order valence-corrected chi connectivity index (χ0v) is 17.0.